The second kappa shape index (κ2) is 9.07. The standard InChI is InChI=1S/C6H12N2O4S2/c9-7(10)3-1-5-13-14-6-2-4-8(11)12/h1-6H2. The summed E-state index contributed by atoms with van der Waals surface area (Å²) in [5, 5.41) is 19.8. The zero-order valence-corrected chi connectivity index (χ0v) is 9.22. The van der Waals surface area contributed by atoms with E-state index < -0.39 is 0 Å². The van der Waals surface area contributed by atoms with Crippen LogP contribution < -0.4 is 0 Å². The molecule has 0 aliphatic carbocycles. The van der Waals surface area contributed by atoms with Crippen molar-refractivity contribution in [3.8, 4) is 0 Å². The van der Waals surface area contributed by atoms with Crippen molar-refractivity contribution in [3.05, 3.63) is 20.2 Å². The first kappa shape index (κ1) is 13.5. The monoisotopic (exact) mass is 240 g/mol. The summed E-state index contributed by atoms with van der Waals surface area (Å²) < 4.78 is 0. The van der Waals surface area contributed by atoms with E-state index in [1.54, 1.807) is 0 Å². The van der Waals surface area contributed by atoms with Crippen LogP contribution in [0.15, 0.2) is 0 Å². The lowest BCUT2D eigenvalue weighted by Crippen LogP contribution is -2.01. The van der Waals surface area contributed by atoms with E-state index in [0.29, 0.717) is 12.8 Å². The van der Waals surface area contributed by atoms with E-state index >= 15 is 0 Å². The second-order valence-corrected chi connectivity index (χ2v) is 5.17. The van der Waals surface area contributed by atoms with Crippen LogP contribution in [0.25, 0.3) is 0 Å². The normalized spacial score (nSPS) is 10.0. The van der Waals surface area contributed by atoms with Gasteiger partial charge in [0, 0.05) is 34.2 Å². The molecular formula is C6H12N2O4S2. The van der Waals surface area contributed by atoms with Gasteiger partial charge in [0.2, 0.25) is 13.1 Å². The van der Waals surface area contributed by atoms with E-state index in [-0.39, 0.29) is 22.9 Å². The minimum atomic E-state index is -0.335. The molecule has 0 aliphatic heterocycles. The molecule has 0 aromatic carbocycles. The highest BCUT2D eigenvalue weighted by Gasteiger charge is 1.99. The lowest BCUT2D eigenvalue weighted by atomic mass is 10.5. The summed E-state index contributed by atoms with van der Waals surface area (Å²) in [5.74, 6) is 1.45. The Morgan fingerprint density at radius 3 is 1.50 bits per heavy atom. The Labute approximate surface area is 89.5 Å². The van der Waals surface area contributed by atoms with E-state index in [9.17, 15) is 20.2 Å². The molecule has 0 atom stereocenters. The Balaban J connectivity index is 2.99. The summed E-state index contributed by atoms with van der Waals surface area (Å²) in [5.41, 5.74) is 0. The molecule has 0 bridgehead atoms. The maximum absolute atomic E-state index is 9.92. The van der Waals surface area contributed by atoms with Gasteiger partial charge in [0.25, 0.3) is 0 Å². The Morgan fingerprint density at radius 2 is 1.21 bits per heavy atom. The van der Waals surface area contributed by atoms with Crippen LogP contribution in [-0.4, -0.2) is 34.4 Å². The molecule has 0 aromatic heterocycles. The maximum Gasteiger partial charge on any atom is 0.204 e. The number of nitrogens with zero attached hydrogens (tertiary/aromatic N) is 2. The molecule has 6 nitrogen and oxygen atoms in total. The molecular weight excluding hydrogens is 228 g/mol. The Morgan fingerprint density at radius 1 is 0.857 bits per heavy atom. The predicted octanol–water partition coefficient (Wildman–Crippen LogP) is 1.70. The molecule has 0 radical (unpaired) electrons. The van der Waals surface area contributed by atoms with E-state index in [4.69, 9.17) is 0 Å². The highest BCUT2D eigenvalue weighted by Crippen LogP contribution is 2.22. The molecule has 0 aliphatic rings. The first-order valence-corrected chi connectivity index (χ1v) is 6.59. The first-order chi connectivity index (χ1) is 6.63. The highest BCUT2D eigenvalue weighted by molar-refractivity contribution is 8.76. The van der Waals surface area contributed by atoms with Gasteiger partial charge in [0.15, 0.2) is 0 Å². The molecule has 0 unspecified atom stereocenters. The van der Waals surface area contributed by atoms with Gasteiger partial charge in [-0.1, -0.05) is 21.6 Å². The highest BCUT2D eigenvalue weighted by atomic mass is 33.1. The third-order valence-corrected chi connectivity index (χ3v) is 3.80. The first-order valence-electron chi connectivity index (χ1n) is 4.11. The number of nitro groups is 2. The van der Waals surface area contributed by atoms with E-state index in [1.807, 2.05) is 0 Å². The summed E-state index contributed by atoms with van der Waals surface area (Å²) in [6.07, 6.45) is 1.11. The van der Waals surface area contributed by atoms with Gasteiger partial charge in [0.1, 0.15) is 0 Å². The zero-order valence-electron chi connectivity index (χ0n) is 7.59. The number of rotatable bonds is 9. The van der Waals surface area contributed by atoms with Crippen molar-refractivity contribution < 1.29 is 9.85 Å². The molecule has 0 amide bonds. The van der Waals surface area contributed by atoms with Crippen molar-refractivity contribution in [2.45, 2.75) is 12.8 Å². The van der Waals surface area contributed by atoms with Gasteiger partial charge in [-0.2, -0.15) is 0 Å². The van der Waals surface area contributed by atoms with Crippen LogP contribution in [0.4, 0.5) is 0 Å². The van der Waals surface area contributed by atoms with Gasteiger partial charge >= 0.3 is 0 Å². The van der Waals surface area contributed by atoms with Crippen molar-refractivity contribution in [2.75, 3.05) is 24.6 Å². The second-order valence-electron chi connectivity index (χ2n) is 2.46. The average molecular weight is 240 g/mol. The van der Waals surface area contributed by atoms with Crippen LogP contribution in [0.3, 0.4) is 0 Å². The topological polar surface area (TPSA) is 86.3 Å². The van der Waals surface area contributed by atoms with Crippen molar-refractivity contribution >= 4 is 21.6 Å². The van der Waals surface area contributed by atoms with Gasteiger partial charge in [-0.05, 0) is 0 Å². The van der Waals surface area contributed by atoms with Crippen LogP contribution >= 0.6 is 21.6 Å². The van der Waals surface area contributed by atoms with E-state index in [2.05, 4.69) is 0 Å². The molecule has 82 valence electrons. The van der Waals surface area contributed by atoms with Crippen LogP contribution in [0.5, 0.6) is 0 Å². The molecule has 0 spiro atoms. The summed E-state index contributed by atoms with van der Waals surface area (Å²) in [4.78, 5) is 19.2. The minimum absolute atomic E-state index is 0.00244. The Hall–Kier alpha value is -0.500. The summed E-state index contributed by atoms with van der Waals surface area (Å²) in [6.45, 7) is 0.00488. The van der Waals surface area contributed by atoms with Crippen molar-refractivity contribution in [2.24, 2.45) is 0 Å². The largest absolute Gasteiger partial charge is 0.265 e. The Bertz CT molecular complexity index is 171. The summed E-state index contributed by atoms with van der Waals surface area (Å²) in [7, 11) is 3.07. The molecule has 0 saturated carbocycles. The fourth-order valence-corrected chi connectivity index (χ4v) is 2.77. The van der Waals surface area contributed by atoms with Crippen LogP contribution in [0.1, 0.15) is 12.8 Å². The number of hydrogen-bond donors (Lipinski definition) is 0. The predicted molar refractivity (Wildman–Crippen MR) is 57.9 cm³/mol. The van der Waals surface area contributed by atoms with Gasteiger partial charge in [-0.3, -0.25) is 20.2 Å². The summed E-state index contributed by atoms with van der Waals surface area (Å²) >= 11 is 0. The quantitative estimate of drug-likeness (QED) is 0.264. The van der Waals surface area contributed by atoms with Crippen LogP contribution in [0, 0.1) is 20.2 Å². The van der Waals surface area contributed by atoms with Gasteiger partial charge in [0.05, 0.1) is 0 Å². The van der Waals surface area contributed by atoms with Crippen molar-refractivity contribution in [3.63, 3.8) is 0 Å². The Kier molecular flexibility index (Phi) is 8.75. The van der Waals surface area contributed by atoms with Gasteiger partial charge < -0.3 is 0 Å². The zero-order chi connectivity index (χ0) is 10.8. The smallest absolute Gasteiger partial charge is 0.204 e. The molecule has 0 fully saturated rings. The van der Waals surface area contributed by atoms with Crippen molar-refractivity contribution in [1.29, 1.82) is 0 Å². The fourth-order valence-electron chi connectivity index (χ4n) is 0.623. The lowest BCUT2D eigenvalue weighted by Gasteiger charge is -1.97. The van der Waals surface area contributed by atoms with E-state index in [0.717, 1.165) is 11.5 Å². The molecule has 0 heterocycles. The third-order valence-electron chi connectivity index (χ3n) is 1.22. The van der Waals surface area contributed by atoms with Crippen molar-refractivity contribution in [1.82, 2.24) is 0 Å². The third kappa shape index (κ3) is 11.5. The SMILES string of the molecule is O=[N+]([O-])CCCSSCCC[N+](=O)[O-]. The minimum Gasteiger partial charge on any atom is -0.265 e. The number of hydrogen-bond acceptors (Lipinski definition) is 6. The molecule has 0 N–H and O–H groups in total. The molecule has 8 heteroatoms. The van der Waals surface area contributed by atoms with Gasteiger partial charge in [-0.15, -0.1) is 0 Å². The van der Waals surface area contributed by atoms with Gasteiger partial charge in [-0.25, -0.2) is 0 Å². The van der Waals surface area contributed by atoms with Crippen LogP contribution in [-0.2, 0) is 0 Å². The molecule has 14 heavy (non-hydrogen) atoms. The van der Waals surface area contributed by atoms with E-state index in [1.165, 1.54) is 21.6 Å². The van der Waals surface area contributed by atoms with Crippen LogP contribution in [0.2, 0.25) is 0 Å². The molecule has 0 saturated heterocycles. The summed E-state index contributed by atoms with van der Waals surface area (Å²) in [6, 6.07) is 0. The maximum atomic E-state index is 9.92. The molecule has 0 aromatic rings. The average Bonchev–Trinajstić information content (AvgIpc) is 2.08. The lowest BCUT2D eigenvalue weighted by molar-refractivity contribution is -0.479. The molecule has 0 rings (SSSR count). The fraction of sp³-hybridized carbons (Fsp3) is 1.00.